The Hall–Kier alpha value is -1.22. The van der Waals surface area contributed by atoms with Crippen molar-refractivity contribution >= 4 is 5.78 Å². The third-order valence-corrected chi connectivity index (χ3v) is 2.56. The molecule has 0 unspecified atom stereocenters. The molecular formula is C10H11NO2. The first kappa shape index (κ1) is 8.38. The van der Waals surface area contributed by atoms with Crippen LogP contribution in [0.4, 0.5) is 0 Å². The van der Waals surface area contributed by atoms with Gasteiger partial charge in [-0.25, -0.2) is 0 Å². The number of nitrogens with zero attached hydrogens (tertiary/aromatic N) is 1. The second-order valence-corrected chi connectivity index (χ2v) is 3.51. The van der Waals surface area contributed by atoms with Crippen molar-refractivity contribution in [2.75, 3.05) is 6.61 Å². The lowest BCUT2D eigenvalue weighted by atomic mass is 9.97. The highest BCUT2D eigenvalue weighted by Gasteiger charge is 2.49. The maximum Gasteiger partial charge on any atom is 0.172 e. The molecular weight excluding hydrogens is 166 g/mol. The summed E-state index contributed by atoms with van der Waals surface area (Å²) in [5.41, 5.74) is 0.136. The second-order valence-electron chi connectivity index (χ2n) is 3.51. The van der Waals surface area contributed by atoms with Crippen LogP contribution in [-0.2, 0) is 0 Å². The Labute approximate surface area is 76.4 Å². The first-order valence-corrected chi connectivity index (χ1v) is 4.34. The van der Waals surface area contributed by atoms with Crippen molar-refractivity contribution in [3.8, 4) is 0 Å². The highest BCUT2D eigenvalue weighted by atomic mass is 16.3. The molecule has 1 heterocycles. The highest BCUT2D eigenvalue weighted by molar-refractivity contribution is 6.02. The van der Waals surface area contributed by atoms with Gasteiger partial charge in [0.15, 0.2) is 5.78 Å². The zero-order chi connectivity index (χ0) is 9.31. The molecule has 1 aliphatic carbocycles. The smallest absolute Gasteiger partial charge is 0.172 e. The standard InChI is InChI=1S/C10H11NO2/c12-7-10(3-4-10)9(13)8-2-1-5-11-6-8/h1-2,5-6,12H,3-4,7H2. The number of pyridine rings is 1. The van der Waals surface area contributed by atoms with Gasteiger partial charge in [-0.05, 0) is 25.0 Å². The Morgan fingerprint density at radius 2 is 2.38 bits per heavy atom. The van der Waals surface area contributed by atoms with E-state index in [2.05, 4.69) is 4.98 Å². The number of carbonyl (C=O) groups excluding carboxylic acids is 1. The van der Waals surface area contributed by atoms with Gasteiger partial charge in [0, 0.05) is 18.0 Å². The highest BCUT2D eigenvalue weighted by Crippen LogP contribution is 2.47. The van der Waals surface area contributed by atoms with E-state index in [0.717, 1.165) is 12.8 Å². The van der Waals surface area contributed by atoms with Crippen LogP contribution in [0.1, 0.15) is 23.2 Å². The molecule has 1 aromatic rings. The lowest BCUT2D eigenvalue weighted by Crippen LogP contribution is -2.20. The fraction of sp³-hybridized carbons (Fsp3) is 0.400. The maximum absolute atomic E-state index is 11.8. The third-order valence-electron chi connectivity index (χ3n) is 2.56. The van der Waals surface area contributed by atoms with Gasteiger partial charge in [-0.3, -0.25) is 9.78 Å². The molecule has 1 fully saturated rings. The van der Waals surface area contributed by atoms with E-state index >= 15 is 0 Å². The lowest BCUT2D eigenvalue weighted by Gasteiger charge is -2.08. The number of carbonyl (C=O) groups is 1. The summed E-state index contributed by atoms with van der Waals surface area (Å²) in [6.45, 7) is -0.0409. The van der Waals surface area contributed by atoms with E-state index in [-0.39, 0.29) is 12.4 Å². The van der Waals surface area contributed by atoms with Gasteiger partial charge in [0.25, 0.3) is 0 Å². The summed E-state index contributed by atoms with van der Waals surface area (Å²) < 4.78 is 0. The number of aliphatic hydroxyl groups excluding tert-OH is 1. The number of hydrogen-bond donors (Lipinski definition) is 1. The summed E-state index contributed by atoms with van der Waals surface area (Å²) in [5, 5.41) is 9.05. The molecule has 0 aromatic carbocycles. The van der Waals surface area contributed by atoms with Gasteiger partial charge in [0.05, 0.1) is 12.0 Å². The normalized spacial score (nSPS) is 18.2. The van der Waals surface area contributed by atoms with Gasteiger partial charge >= 0.3 is 0 Å². The van der Waals surface area contributed by atoms with E-state index in [4.69, 9.17) is 5.11 Å². The topological polar surface area (TPSA) is 50.2 Å². The van der Waals surface area contributed by atoms with Crippen molar-refractivity contribution in [1.82, 2.24) is 4.98 Å². The summed E-state index contributed by atoms with van der Waals surface area (Å²) in [6, 6.07) is 3.48. The van der Waals surface area contributed by atoms with Crippen molar-refractivity contribution in [2.45, 2.75) is 12.8 Å². The summed E-state index contributed by atoms with van der Waals surface area (Å²) in [7, 11) is 0. The molecule has 2 rings (SSSR count). The van der Waals surface area contributed by atoms with Gasteiger partial charge in [0.1, 0.15) is 0 Å². The molecule has 0 atom stereocenters. The summed E-state index contributed by atoms with van der Waals surface area (Å²) in [6.07, 6.45) is 4.79. The fourth-order valence-corrected chi connectivity index (χ4v) is 1.41. The number of aliphatic hydroxyl groups is 1. The minimum atomic E-state index is -0.469. The molecule has 3 nitrogen and oxygen atoms in total. The SMILES string of the molecule is O=C(c1cccnc1)C1(CO)CC1. The second kappa shape index (κ2) is 2.92. The van der Waals surface area contributed by atoms with Crippen LogP contribution in [0.3, 0.4) is 0 Å². The molecule has 0 radical (unpaired) electrons. The first-order chi connectivity index (χ1) is 6.28. The van der Waals surface area contributed by atoms with Crippen molar-refractivity contribution < 1.29 is 9.90 Å². The van der Waals surface area contributed by atoms with Crippen LogP contribution >= 0.6 is 0 Å². The van der Waals surface area contributed by atoms with Gasteiger partial charge in [-0.2, -0.15) is 0 Å². The van der Waals surface area contributed by atoms with Crippen LogP contribution in [-0.4, -0.2) is 22.5 Å². The quantitative estimate of drug-likeness (QED) is 0.702. The molecule has 0 bridgehead atoms. The van der Waals surface area contributed by atoms with Crippen molar-refractivity contribution in [3.63, 3.8) is 0 Å². The summed E-state index contributed by atoms with van der Waals surface area (Å²) in [4.78, 5) is 15.6. The molecule has 0 saturated heterocycles. The summed E-state index contributed by atoms with van der Waals surface area (Å²) >= 11 is 0. The van der Waals surface area contributed by atoms with Crippen molar-refractivity contribution in [1.29, 1.82) is 0 Å². The molecule has 1 aliphatic rings. The van der Waals surface area contributed by atoms with Crippen molar-refractivity contribution in [3.05, 3.63) is 30.1 Å². The van der Waals surface area contributed by atoms with Gasteiger partial charge < -0.3 is 5.11 Å². The van der Waals surface area contributed by atoms with E-state index in [1.807, 2.05) is 0 Å². The fourth-order valence-electron chi connectivity index (χ4n) is 1.41. The third kappa shape index (κ3) is 1.35. The number of Topliss-reactive ketones (excluding diaryl/α,β-unsaturated/α-hetero) is 1. The van der Waals surface area contributed by atoms with Crippen LogP contribution in [0.25, 0.3) is 0 Å². The van der Waals surface area contributed by atoms with Crippen LogP contribution in [0.5, 0.6) is 0 Å². The molecule has 1 N–H and O–H groups in total. The summed E-state index contributed by atoms with van der Waals surface area (Å²) in [5.74, 6) is 0.0306. The number of ketones is 1. The monoisotopic (exact) mass is 177 g/mol. The minimum Gasteiger partial charge on any atom is -0.395 e. The van der Waals surface area contributed by atoms with E-state index in [0.29, 0.717) is 5.56 Å². The predicted octanol–water partition coefficient (Wildman–Crippen LogP) is 1.04. The van der Waals surface area contributed by atoms with E-state index in [1.54, 1.807) is 24.5 Å². The van der Waals surface area contributed by atoms with E-state index in [9.17, 15) is 4.79 Å². The average Bonchev–Trinajstić information content (AvgIpc) is 2.99. The first-order valence-electron chi connectivity index (χ1n) is 4.34. The van der Waals surface area contributed by atoms with Gasteiger partial charge in [0.2, 0.25) is 0 Å². The minimum absolute atomic E-state index is 0.0306. The van der Waals surface area contributed by atoms with Crippen molar-refractivity contribution in [2.24, 2.45) is 5.41 Å². The molecule has 68 valence electrons. The zero-order valence-electron chi connectivity index (χ0n) is 7.23. The number of rotatable bonds is 3. The Kier molecular flexibility index (Phi) is 1.88. The van der Waals surface area contributed by atoms with Crippen LogP contribution in [0, 0.1) is 5.41 Å². The van der Waals surface area contributed by atoms with E-state index < -0.39 is 5.41 Å². The number of aromatic nitrogens is 1. The Morgan fingerprint density at radius 3 is 2.85 bits per heavy atom. The van der Waals surface area contributed by atoms with Crippen LogP contribution in [0.15, 0.2) is 24.5 Å². The predicted molar refractivity (Wildman–Crippen MR) is 47.3 cm³/mol. The molecule has 3 heteroatoms. The Bertz CT molecular complexity index is 317. The van der Waals surface area contributed by atoms with Crippen LogP contribution in [0.2, 0.25) is 0 Å². The Balaban J connectivity index is 2.24. The van der Waals surface area contributed by atoms with E-state index in [1.165, 1.54) is 0 Å². The molecule has 0 aliphatic heterocycles. The average molecular weight is 177 g/mol. The van der Waals surface area contributed by atoms with Crippen LogP contribution < -0.4 is 0 Å². The Morgan fingerprint density at radius 1 is 1.62 bits per heavy atom. The molecule has 13 heavy (non-hydrogen) atoms. The molecule has 1 saturated carbocycles. The van der Waals surface area contributed by atoms with Gasteiger partial charge in [-0.1, -0.05) is 0 Å². The molecule has 0 spiro atoms. The maximum atomic E-state index is 11.8. The molecule has 0 amide bonds. The largest absolute Gasteiger partial charge is 0.395 e. The number of hydrogen-bond acceptors (Lipinski definition) is 3. The van der Waals surface area contributed by atoms with Gasteiger partial charge in [-0.15, -0.1) is 0 Å². The molecule has 1 aromatic heterocycles. The zero-order valence-corrected chi connectivity index (χ0v) is 7.23. The lowest BCUT2D eigenvalue weighted by molar-refractivity contribution is 0.0829.